The summed E-state index contributed by atoms with van der Waals surface area (Å²) < 4.78 is 30.2. The van der Waals surface area contributed by atoms with Crippen molar-refractivity contribution in [2.24, 2.45) is 0 Å². The summed E-state index contributed by atoms with van der Waals surface area (Å²) in [5.74, 6) is 2.26. The van der Waals surface area contributed by atoms with E-state index in [1.807, 2.05) is 6.92 Å². The van der Waals surface area contributed by atoms with E-state index in [1.165, 1.54) is 12.1 Å². The Kier molecular flexibility index (Phi) is 4.49. The van der Waals surface area contributed by atoms with Crippen LogP contribution in [0.1, 0.15) is 23.9 Å². The molecule has 0 saturated heterocycles. The molecule has 17 heavy (non-hydrogen) atoms. The van der Waals surface area contributed by atoms with Crippen molar-refractivity contribution in [1.82, 2.24) is 4.31 Å². The van der Waals surface area contributed by atoms with Gasteiger partial charge in [-0.2, -0.15) is 4.31 Å². The first-order chi connectivity index (χ1) is 8.06. The summed E-state index contributed by atoms with van der Waals surface area (Å²) >= 11 is 0. The van der Waals surface area contributed by atoms with Crippen molar-refractivity contribution >= 4 is 16.3 Å². The molecule has 0 aliphatic rings. The molecule has 92 valence electrons. The normalized spacial score (nSPS) is 11.4. The summed E-state index contributed by atoms with van der Waals surface area (Å²) in [4.78, 5) is 10.4. The van der Waals surface area contributed by atoms with Crippen LogP contribution in [0, 0.1) is 12.3 Å². The molecule has 0 aromatic carbocycles. The number of carbonyl (C=O) groups excluding carboxylic acids is 1. The molecule has 0 bridgehead atoms. The molecule has 0 amide bonds. The zero-order chi connectivity index (χ0) is 12.9. The summed E-state index contributed by atoms with van der Waals surface area (Å²) in [6.45, 7) is 2.13. The standard InChI is InChI=1S/C11H13NO4S/c1-3-7-12(8-4-2)17(14,15)11-6-5-10(9-13)16-11/h1,5-6,9H,4,7-8H2,2H3. The zero-order valence-corrected chi connectivity index (χ0v) is 10.2. The highest BCUT2D eigenvalue weighted by Gasteiger charge is 2.26. The second-order valence-electron chi connectivity index (χ2n) is 3.32. The van der Waals surface area contributed by atoms with Crippen LogP contribution < -0.4 is 0 Å². The molecule has 0 aliphatic carbocycles. The fourth-order valence-corrected chi connectivity index (χ4v) is 2.66. The molecule has 0 N–H and O–H groups in total. The lowest BCUT2D eigenvalue weighted by Crippen LogP contribution is -2.31. The molecule has 1 aromatic rings. The van der Waals surface area contributed by atoms with Gasteiger partial charge in [0.2, 0.25) is 5.09 Å². The Morgan fingerprint density at radius 1 is 1.53 bits per heavy atom. The van der Waals surface area contributed by atoms with Gasteiger partial charge in [0.25, 0.3) is 10.0 Å². The molecule has 0 atom stereocenters. The maximum Gasteiger partial charge on any atom is 0.277 e. The molecular weight excluding hydrogens is 242 g/mol. The lowest BCUT2D eigenvalue weighted by atomic mass is 10.5. The SMILES string of the molecule is C#CCN(CCC)S(=O)(=O)c1ccc(C=O)o1. The fraction of sp³-hybridized carbons (Fsp3) is 0.364. The lowest BCUT2D eigenvalue weighted by Gasteiger charge is -2.16. The van der Waals surface area contributed by atoms with E-state index in [4.69, 9.17) is 10.8 Å². The van der Waals surface area contributed by atoms with Crippen LogP contribution in [-0.4, -0.2) is 32.1 Å². The van der Waals surface area contributed by atoms with Gasteiger partial charge in [-0.05, 0) is 18.6 Å². The van der Waals surface area contributed by atoms with Crippen LogP contribution in [0.5, 0.6) is 0 Å². The van der Waals surface area contributed by atoms with Gasteiger partial charge in [0.15, 0.2) is 12.0 Å². The third kappa shape index (κ3) is 2.96. The highest BCUT2D eigenvalue weighted by atomic mass is 32.2. The van der Waals surface area contributed by atoms with E-state index in [9.17, 15) is 13.2 Å². The van der Waals surface area contributed by atoms with Crippen molar-refractivity contribution in [2.75, 3.05) is 13.1 Å². The predicted molar refractivity (Wildman–Crippen MR) is 62.0 cm³/mol. The Bertz CT molecular complexity index is 524. The second kappa shape index (κ2) is 5.66. The Labute approximate surface area is 100 Å². The second-order valence-corrected chi connectivity index (χ2v) is 5.19. The molecule has 5 nitrogen and oxygen atoms in total. The third-order valence-electron chi connectivity index (χ3n) is 2.05. The average molecular weight is 255 g/mol. The van der Waals surface area contributed by atoms with E-state index in [0.29, 0.717) is 19.3 Å². The minimum atomic E-state index is -3.75. The van der Waals surface area contributed by atoms with Gasteiger partial charge in [0, 0.05) is 6.54 Å². The van der Waals surface area contributed by atoms with Crippen molar-refractivity contribution in [3.05, 3.63) is 17.9 Å². The molecule has 1 heterocycles. The van der Waals surface area contributed by atoms with Gasteiger partial charge in [0.05, 0.1) is 6.54 Å². The smallest absolute Gasteiger partial charge is 0.277 e. The molecular formula is C11H13NO4S. The highest BCUT2D eigenvalue weighted by molar-refractivity contribution is 7.89. The minimum Gasteiger partial charge on any atom is -0.440 e. The lowest BCUT2D eigenvalue weighted by molar-refractivity contribution is 0.109. The first-order valence-electron chi connectivity index (χ1n) is 5.05. The number of furan rings is 1. The molecule has 6 heteroatoms. The number of hydrogen-bond acceptors (Lipinski definition) is 4. The Morgan fingerprint density at radius 2 is 2.24 bits per heavy atom. The number of terminal acetylenes is 1. The van der Waals surface area contributed by atoms with E-state index in [2.05, 4.69) is 5.92 Å². The Hall–Kier alpha value is -1.58. The molecule has 0 radical (unpaired) electrons. The molecule has 1 aromatic heterocycles. The first-order valence-corrected chi connectivity index (χ1v) is 6.49. The van der Waals surface area contributed by atoms with Gasteiger partial charge in [-0.15, -0.1) is 6.42 Å². The quantitative estimate of drug-likeness (QED) is 0.564. The van der Waals surface area contributed by atoms with Crippen LogP contribution in [0.4, 0.5) is 0 Å². The van der Waals surface area contributed by atoms with Crippen molar-refractivity contribution in [3.63, 3.8) is 0 Å². The number of rotatable bonds is 6. The van der Waals surface area contributed by atoms with Gasteiger partial charge in [-0.3, -0.25) is 4.79 Å². The molecule has 1 rings (SSSR count). The zero-order valence-electron chi connectivity index (χ0n) is 9.42. The summed E-state index contributed by atoms with van der Waals surface area (Å²) in [5.41, 5.74) is 0. The topological polar surface area (TPSA) is 67.6 Å². The van der Waals surface area contributed by atoms with Crippen LogP contribution in [-0.2, 0) is 10.0 Å². The van der Waals surface area contributed by atoms with Gasteiger partial charge in [-0.1, -0.05) is 12.8 Å². The van der Waals surface area contributed by atoms with Crippen molar-refractivity contribution in [1.29, 1.82) is 0 Å². The molecule has 0 fully saturated rings. The van der Waals surface area contributed by atoms with E-state index >= 15 is 0 Å². The summed E-state index contributed by atoms with van der Waals surface area (Å²) in [5, 5.41) is -0.261. The maximum absolute atomic E-state index is 12.1. The number of carbonyl (C=O) groups is 1. The largest absolute Gasteiger partial charge is 0.440 e. The van der Waals surface area contributed by atoms with Crippen molar-refractivity contribution in [2.45, 2.75) is 18.4 Å². The van der Waals surface area contributed by atoms with Crippen LogP contribution in [0.2, 0.25) is 0 Å². The van der Waals surface area contributed by atoms with E-state index in [1.54, 1.807) is 0 Å². The molecule has 0 saturated carbocycles. The van der Waals surface area contributed by atoms with E-state index in [0.717, 1.165) is 4.31 Å². The van der Waals surface area contributed by atoms with Gasteiger partial charge in [0.1, 0.15) is 0 Å². The Balaban J connectivity index is 3.07. The first kappa shape index (κ1) is 13.5. The number of aldehydes is 1. The van der Waals surface area contributed by atoms with Gasteiger partial charge < -0.3 is 4.42 Å². The van der Waals surface area contributed by atoms with E-state index in [-0.39, 0.29) is 17.4 Å². The van der Waals surface area contributed by atoms with Crippen molar-refractivity contribution in [3.8, 4) is 12.3 Å². The Morgan fingerprint density at radius 3 is 2.71 bits per heavy atom. The summed E-state index contributed by atoms with van der Waals surface area (Å²) in [6, 6.07) is 2.55. The minimum absolute atomic E-state index is 0.0205. The van der Waals surface area contributed by atoms with Crippen LogP contribution in [0.3, 0.4) is 0 Å². The predicted octanol–water partition coefficient (Wildman–Crippen LogP) is 1.13. The third-order valence-corrected chi connectivity index (χ3v) is 3.77. The summed E-state index contributed by atoms with van der Waals surface area (Å²) in [6.07, 6.45) is 6.21. The maximum atomic E-state index is 12.1. The average Bonchev–Trinajstić information content (AvgIpc) is 2.78. The van der Waals surface area contributed by atoms with Crippen LogP contribution in [0.15, 0.2) is 21.6 Å². The molecule has 0 spiro atoms. The van der Waals surface area contributed by atoms with E-state index < -0.39 is 10.0 Å². The number of sulfonamides is 1. The number of hydrogen-bond donors (Lipinski definition) is 0. The van der Waals surface area contributed by atoms with Crippen molar-refractivity contribution < 1.29 is 17.6 Å². The van der Waals surface area contributed by atoms with Gasteiger partial charge >= 0.3 is 0 Å². The summed E-state index contributed by atoms with van der Waals surface area (Å²) in [7, 11) is -3.75. The van der Waals surface area contributed by atoms with Crippen LogP contribution in [0.25, 0.3) is 0 Å². The monoisotopic (exact) mass is 255 g/mol. The van der Waals surface area contributed by atoms with Crippen LogP contribution >= 0.6 is 0 Å². The highest BCUT2D eigenvalue weighted by Crippen LogP contribution is 2.18. The molecule has 0 aliphatic heterocycles. The fourth-order valence-electron chi connectivity index (χ4n) is 1.30. The van der Waals surface area contributed by atoms with Gasteiger partial charge in [-0.25, -0.2) is 8.42 Å². The number of nitrogens with zero attached hydrogens (tertiary/aromatic N) is 1. The molecule has 0 unspecified atom stereocenters.